The maximum Gasteiger partial charge on any atom is 0.311 e. The monoisotopic (exact) mass is 296 g/mol. The van der Waals surface area contributed by atoms with E-state index >= 15 is 0 Å². The smallest absolute Gasteiger partial charge is 0.311 e. The van der Waals surface area contributed by atoms with Gasteiger partial charge in [0.15, 0.2) is 11.5 Å². The Labute approximate surface area is 123 Å². The standard InChI is InChI=1S/C15H17ClO4/c1-4-7-10-8-11(16)15(20-14(18)6-3)12(9-10)19-13(17)5-2/h4,8-9H,1,5-7H2,2-3H3. The summed E-state index contributed by atoms with van der Waals surface area (Å²) >= 11 is 6.10. The highest BCUT2D eigenvalue weighted by Gasteiger charge is 2.17. The van der Waals surface area contributed by atoms with Crippen molar-refractivity contribution in [2.24, 2.45) is 0 Å². The van der Waals surface area contributed by atoms with Crippen LogP contribution < -0.4 is 9.47 Å². The molecular formula is C15H17ClO4. The largest absolute Gasteiger partial charge is 0.422 e. The van der Waals surface area contributed by atoms with Gasteiger partial charge in [-0.05, 0) is 24.1 Å². The molecule has 0 aliphatic heterocycles. The molecule has 0 bridgehead atoms. The summed E-state index contributed by atoms with van der Waals surface area (Å²) in [5.74, 6) is -0.640. The fraction of sp³-hybridized carbons (Fsp3) is 0.333. The van der Waals surface area contributed by atoms with Crippen LogP contribution in [0.3, 0.4) is 0 Å². The second-order valence-corrected chi connectivity index (χ2v) is 4.46. The van der Waals surface area contributed by atoms with Crippen molar-refractivity contribution in [1.29, 1.82) is 0 Å². The number of carbonyl (C=O) groups is 2. The van der Waals surface area contributed by atoms with E-state index in [0.29, 0.717) is 6.42 Å². The van der Waals surface area contributed by atoms with Gasteiger partial charge in [0.1, 0.15) is 0 Å². The van der Waals surface area contributed by atoms with Crippen molar-refractivity contribution in [2.75, 3.05) is 0 Å². The van der Waals surface area contributed by atoms with Crippen molar-refractivity contribution >= 4 is 23.5 Å². The van der Waals surface area contributed by atoms with Crippen molar-refractivity contribution < 1.29 is 19.1 Å². The number of allylic oxidation sites excluding steroid dienone is 1. The fourth-order valence-corrected chi connectivity index (χ4v) is 1.73. The summed E-state index contributed by atoms with van der Waals surface area (Å²) in [7, 11) is 0. The van der Waals surface area contributed by atoms with Crippen molar-refractivity contribution in [2.45, 2.75) is 33.1 Å². The van der Waals surface area contributed by atoms with Crippen molar-refractivity contribution in [3.8, 4) is 11.5 Å². The van der Waals surface area contributed by atoms with E-state index in [1.165, 1.54) is 0 Å². The van der Waals surface area contributed by atoms with Gasteiger partial charge in [-0.15, -0.1) is 6.58 Å². The molecule has 0 aliphatic carbocycles. The van der Waals surface area contributed by atoms with E-state index in [1.54, 1.807) is 32.1 Å². The van der Waals surface area contributed by atoms with Gasteiger partial charge in [0.25, 0.3) is 0 Å². The molecule has 0 aromatic heterocycles. The Morgan fingerprint density at radius 2 is 1.80 bits per heavy atom. The molecule has 20 heavy (non-hydrogen) atoms. The molecule has 0 saturated carbocycles. The minimum absolute atomic E-state index is 0.0770. The normalized spacial score (nSPS) is 9.95. The van der Waals surface area contributed by atoms with Crippen LogP contribution >= 0.6 is 11.6 Å². The average molecular weight is 297 g/mol. The zero-order chi connectivity index (χ0) is 15.1. The van der Waals surface area contributed by atoms with Gasteiger partial charge >= 0.3 is 11.9 Å². The van der Waals surface area contributed by atoms with Crippen molar-refractivity contribution in [3.63, 3.8) is 0 Å². The minimum Gasteiger partial charge on any atom is -0.422 e. The van der Waals surface area contributed by atoms with E-state index in [9.17, 15) is 9.59 Å². The second kappa shape index (κ2) is 7.70. The Morgan fingerprint density at radius 1 is 1.20 bits per heavy atom. The molecule has 0 radical (unpaired) electrons. The van der Waals surface area contributed by atoms with Gasteiger partial charge in [0.2, 0.25) is 0 Å². The number of esters is 2. The first-order chi connectivity index (χ1) is 9.51. The van der Waals surface area contributed by atoms with Crippen LogP contribution in [0.2, 0.25) is 5.02 Å². The molecule has 1 aromatic rings. The lowest BCUT2D eigenvalue weighted by Gasteiger charge is -2.13. The maximum atomic E-state index is 11.4. The molecule has 108 valence electrons. The Morgan fingerprint density at radius 3 is 2.35 bits per heavy atom. The van der Waals surface area contributed by atoms with Gasteiger partial charge in [0, 0.05) is 12.8 Å². The van der Waals surface area contributed by atoms with Gasteiger partial charge in [-0.3, -0.25) is 9.59 Å². The summed E-state index contributed by atoms with van der Waals surface area (Å²) in [6.07, 6.45) is 2.68. The summed E-state index contributed by atoms with van der Waals surface area (Å²) in [6.45, 7) is 6.98. The van der Waals surface area contributed by atoms with Crippen LogP contribution in [-0.4, -0.2) is 11.9 Å². The third-order valence-corrected chi connectivity index (χ3v) is 2.75. The van der Waals surface area contributed by atoms with E-state index in [4.69, 9.17) is 21.1 Å². The molecule has 0 atom stereocenters. The summed E-state index contributed by atoms with van der Waals surface area (Å²) in [6, 6.07) is 3.28. The second-order valence-electron chi connectivity index (χ2n) is 4.05. The molecule has 0 aliphatic rings. The van der Waals surface area contributed by atoms with Crippen molar-refractivity contribution in [3.05, 3.63) is 35.4 Å². The third-order valence-electron chi connectivity index (χ3n) is 2.47. The van der Waals surface area contributed by atoms with Gasteiger partial charge in [0.05, 0.1) is 5.02 Å². The lowest BCUT2D eigenvalue weighted by Crippen LogP contribution is -2.11. The molecule has 1 rings (SSSR count). The lowest BCUT2D eigenvalue weighted by atomic mass is 10.1. The summed E-state index contributed by atoms with van der Waals surface area (Å²) in [4.78, 5) is 22.9. The van der Waals surface area contributed by atoms with E-state index < -0.39 is 11.9 Å². The first kappa shape index (κ1) is 16.2. The molecule has 0 saturated heterocycles. The number of hydrogen-bond donors (Lipinski definition) is 0. The van der Waals surface area contributed by atoms with Crippen LogP contribution in [0.25, 0.3) is 0 Å². The number of hydrogen-bond acceptors (Lipinski definition) is 4. The van der Waals surface area contributed by atoms with Crippen LogP contribution in [0.4, 0.5) is 0 Å². The Hall–Kier alpha value is -1.81. The predicted molar refractivity (Wildman–Crippen MR) is 77.2 cm³/mol. The van der Waals surface area contributed by atoms with Gasteiger partial charge in [-0.2, -0.15) is 0 Å². The lowest BCUT2D eigenvalue weighted by molar-refractivity contribution is -0.136. The summed E-state index contributed by atoms with van der Waals surface area (Å²) in [5, 5.41) is 0.227. The van der Waals surface area contributed by atoms with Crippen LogP contribution in [0.1, 0.15) is 32.3 Å². The third kappa shape index (κ3) is 4.38. The SMILES string of the molecule is C=CCc1cc(Cl)c(OC(=O)CC)c(OC(=O)CC)c1. The van der Waals surface area contributed by atoms with Crippen LogP contribution in [0, 0.1) is 0 Å². The number of halogens is 1. The average Bonchev–Trinajstić information content (AvgIpc) is 2.42. The quantitative estimate of drug-likeness (QED) is 0.456. The number of benzene rings is 1. The molecule has 4 nitrogen and oxygen atoms in total. The molecule has 5 heteroatoms. The highest BCUT2D eigenvalue weighted by atomic mass is 35.5. The van der Waals surface area contributed by atoms with E-state index in [0.717, 1.165) is 5.56 Å². The highest BCUT2D eigenvalue weighted by Crippen LogP contribution is 2.37. The van der Waals surface area contributed by atoms with Crippen molar-refractivity contribution in [1.82, 2.24) is 0 Å². The summed E-state index contributed by atoms with van der Waals surface area (Å²) in [5.41, 5.74) is 0.820. The first-order valence-corrected chi connectivity index (χ1v) is 6.74. The zero-order valence-electron chi connectivity index (χ0n) is 11.6. The Kier molecular flexibility index (Phi) is 6.25. The zero-order valence-corrected chi connectivity index (χ0v) is 12.3. The number of ether oxygens (including phenoxy) is 2. The van der Waals surface area contributed by atoms with Crippen LogP contribution in [0.5, 0.6) is 11.5 Å². The van der Waals surface area contributed by atoms with Gasteiger partial charge in [-0.25, -0.2) is 0 Å². The number of rotatable bonds is 6. The molecule has 0 fully saturated rings. The summed E-state index contributed by atoms with van der Waals surface area (Å²) < 4.78 is 10.3. The molecule has 0 heterocycles. The number of carbonyl (C=O) groups excluding carboxylic acids is 2. The molecule has 0 amide bonds. The fourth-order valence-electron chi connectivity index (χ4n) is 1.46. The predicted octanol–water partition coefficient (Wildman–Crippen LogP) is 3.70. The first-order valence-electron chi connectivity index (χ1n) is 6.36. The Bertz CT molecular complexity index is 523. The van der Waals surface area contributed by atoms with Gasteiger partial charge < -0.3 is 9.47 Å². The van der Waals surface area contributed by atoms with E-state index in [-0.39, 0.29) is 29.4 Å². The molecular weight excluding hydrogens is 280 g/mol. The van der Waals surface area contributed by atoms with E-state index in [1.807, 2.05) is 0 Å². The Balaban J connectivity index is 3.20. The highest BCUT2D eigenvalue weighted by molar-refractivity contribution is 6.32. The molecule has 1 aromatic carbocycles. The maximum absolute atomic E-state index is 11.4. The minimum atomic E-state index is -0.447. The molecule has 0 unspecified atom stereocenters. The molecule has 0 spiro atoms. The van der Waals surface area contributed by atoms with Crippen LogP contribution in [0.15, 0.2) is 24.8 Å². The topological polar surface area (TPSA) is 52.6 Å². The van der Waals surface area contributed by atoms with E-state index in [2.05, 4.69) is 6.58 Å². The molecule has 0 N–H and O–H groups in total. The van der Waals surface area contributed by atoms with Crippen LogP contribution in [-0.2, 0) is 16.0 Å². The van der Waals surface area contributed by atoms with Gasteiger partial charge in [-0.1, -0.05) is 31.5 Å².